The highest BCUT2D eigenvalue weighted by molar-refractivity contribution is 6.13. The molecule has 252 valence electrons. The van der Waals surface area contributed by atoms with Crippen molar-refractivity contribution in [2.24, 2.45) is 23.7 Å². The fourth-order valence-corrected chi connectivity index (χ4v) is 9.72. The van der Waals surface area contributed by atoms with Crippen molar-refractivity contribution in [1.82, 2.24) is 9.91 Å². The lowest BCUT2D eigenvalue weighted by Gasteiger charge is -2.50. The molecule has 4 amide bonds. The molecule has 0 spiro atoms. The van der Waals surface area contributed by atoms with Gasteiger partial charge in [0, 0.05) is 12.0 Å². The number of likely N-dealkylation sites (tertiary alicyclic amines) is 1. The molecule has 4 fully saturated rings. The molecule has 9 heteroatoms. The van der Waals surface area contributed by atoms with E-state index in [1.807, 2.05) is 61.5 Å². The Kier molecular flexibility index (Phi) is 7.61. The number of ether oxygens (including phenoxy) is 1. The van der Waals surface area contributed by atoms with Gasteiger partial charge in [0.15, 0.2) is 11.5 Å². The highest BCUT2D eigenvalue weighted by Crippen LogP contribution is 2.64. The van der Waals surface area contributed by atoms with Crippen molar-refractivity contribution in [2.75, 3.05) is 12.5 Å². The molecule has 0 radical (unpaired) electrons. The smallest absolute Gasteiger partial charge is 0.260 e. The normalized spacial score (nSPS) is 29.8. The molecule has 3 aromatic rings. The third-order valence-electron chi connectivity index (χ3n) is 11.9. The number of imide groups is 2. The van der Waals surface area contributed by atoms with Crippen LogP contribution in [0, 0.1) is 30.6 Å². The summed E-state index contributed by atoms with van der Waals surface area (Å²) in [4.78, 5) is 60.0. The molecule has 0 aromatic heterocycles. The van der Waals surface area contributed by atoms with Gasteiger partial charge in [-0.2, -0.15) is 5.01 Å². The Bertz CT molecular complexity index is 1870. The van der Waals surface area contributed by atoms with Gasteiger partial charge in [0.25, 0.3) is 11.8 Å². The largest absolute Gasteiger partial charge is 0.504 e. The summed E-state index contributed by atoms with van der Waals surface area (Å²) in [6.45, 7) is 1.97. The zero-order valence-corrected chi connectivity index (χ0v) is 27.8. The standard InChI is InChI=1S/C40H41N3O6/c1-23-13-16-26(17-14-23)41-43-37(46)31-22-30-28(18-19-29-34(30)38(47)42(36(29)45)27-11-7-4-8-12-27)35(24-15-20-32(44)33(21-24)49-2)40(31,39(43)48)25-9-5-3-6-10-25/h3,5-6,9-10,13-18,20-21,27,29-31,34-35,41,44H,4,7-8,11-12,19,22H2,1-2H3/t29-,30+,31-,34-,35-,40+/m0/s1. The molecule has 9 nitrogen and oxygen atoms in total. The van der Waals surface area contributed by atoms with E-state index in [-0.39, 0.29) is 47.6 Å². The van der Waals surface area contributed by atoms with E-state index in [1.165, 1.54) is 7.11 Å². The van der Waals surface area contributed by atoms with Gasteiger partial charge < -0.3 is 9.84 Å². The highest BCUT2D eigenvalue weighted by Gasteiger charge is 2.70. The minimum Gasteiger partial charge on any atom is -0.504 e. The number of allylic oxidation sites excluding steroid dienone is 2. The van der Waals surface area contributed by atoms with Crippen molar-refractivity contribution in [2.45, 2.75) is 69.2 Å². The van der Waals surface area contributed by atoms with Gasteiger partial charge in [-0.3, -0.25) is 29.5 Å². The number of carbonyl (C=O) groups is 4. The Labute approximate surface area is 285 Å². The van der Waals surface area contributed by atoms with Crippen LogP contribution in [0.2, 0.25) is 0 Å². The number of benzene rings is 3. The molecule has 2 saturated carbocycles. The van der Waals surface area contributed by atoms with Crippen molar-refractivity contribution in [3.05, 3.63) is 101 Å². The Morgan fingerprint density at radius 2 is 1.59 bits per heavy atom. The molecule has 0 unspecified atom stereocenters. The molecular weight excluding hydrogens is 618 g/mol. The fraction of sp³-hybridized carbons (Fsp3) is 0.400. The Morgan fingerprint density at radius 3 is 2.31 bits per heavy atom. The highest BCUT2D eigenvalue weighted by atomic mass is 16.5. The lowest BCUT2D eigenvalue weighted by atomic mass is 9.49. The molecule has 3 aliphatic carbocycles. The topological polar surface area (TPSA) is 116 Å². The van der Waals surface area contributed by atoms with Gasteiger partial charge >= 0.3 is 0 Å². The maximum atomic E-state index is 15.2. The molecule has 2 saturated heterocycles. The second kappa shape index (κ2) is 11.9. The molecule has 3 aromatic carbocycles. The third-order valence-corrected chi connectivity index (χ3v) is 11.9. The monoisotopic (exact) mass is 659 g/mol. The van der Waals surface area contributed by atoms with Crippen LogP contribution in [-0.4, -0.2) is 51.8 Å². The van der Waals surface area contributed by atoms with Gasteiger partial charge in [0.1, 0.15) is 0 Å². The zero-order valence-electron chi connectivity index (χ0n) is 27.8. The first kappa shape index (κ1) is 31.4. The number of nitrogens with zero attached hydrogens (tertiary/aromatic N) is 2. The summed E-state index contributed by atoms with van der Waals surface area (Å²) >= 11 is 0. The summed E-state index contributed by atoms with van der Waals surface area (Å²) in [7, 11) is 1.48. The van der Waals surface area contributed by atoms with E-state index >= 15 is 4.79 Å². The zero-order chi connectivity index (χ0) is 34.0. The van der Waals surface area contributed by atoms with Crippen LogP contribution >= 0.6 is 0 Å². The molecule has 0 bridgehead atoms. The Morgan fingerprint density at radius 1 is 0.857 bits per heavy atom. The van der Waals surface area contributed by atoms with Crippen molar-refractivity contribution in [3.63, 3.8) is 0 Å². The number of amides is 4. The predicted octanol–water partition coefficient (Wildman–Crippen LogP) is 6.03. The van der Waals surface area contributed by atoms with E-state index in [0.717, 1.165) is 48.2 Å². The molecule has 2 N–H and O–H groups in total. The lowest BCUT2D eigenvalue weighted by Crippen LogP contribution is -2.53. The van der Waals surface area contributed by atoms with Crippen LogP contribution in [0.4, 0.5) is 5.69 Å². The summed E-state index contributed by atoms with van der Waals surface area (Å²) in [5.74, 6) is -3.82. The number of hydrogen-bond acceptors (Lipinski definition) is 7. The number of carbonyl (C=O) groups excluding carboxylic acids is 4. The number of nitrogens with one attached hydrogen (secondary N) is 1. The molecule has 8 rings (SSSR count). The number of rotatable bonds is 6. The average Bonchev–Trinajstić information content (AvgIpc) is 3.51. The van der Waals surface area contributed by atoms with Crippen LogP contribution in [0.3, 0.4) is 0 Å². The number of phenolic OH excluding ortho intramolecular Hbond substituents is 1. The van der Waals surface area contributed by atoms with E-state index in [2.05, 4.69) is 11.5 Å². The van der Waals surface area contributed by atoms with Crippen LogP contribution in [0.1, 0.15) is 67.6 Å². The predicted molar refractivity (Wildman–Crippen MR) is 182 cm³/mol. The number of hydrazine groups is 1. The van der Waals surface area contributed by atoms with Crippen molar-refractivity contribution >= 4 is 29.3 Å². The van der Waals surface area contributed by atoms with E-state index in [0.29, 0.717) is 23.2 Å². The summed E-state index contributed by atoms with van der Waals surface area (Å²) in [5, 5.41) is 11.8. The second-order valence-electron chi connectivity index (χ2n) is 14.4. The number of hydrogen-bond donors (Lipinski definition) is 2. The van der Waals surface area contributed by atoms with Gasteiger partial charge in [-0.15, -0.1) is 0 Å². The number of methoxy groups -OCH3 is 1. The maximum absolute atomic E-state index is 15.2. The van der Waals surface area contributed by atoms with Crippen LogP contribution in [0.15, 0.2) is 84.4 Å². The minimum absolute atomic E-state index is 0.0437. The summed E-state index contributed by atoms with van der Waals surface area (Å²) in [6.07, 6.45) is 7.46. The molecule has 2 aliphatic heterocycles. The number of phenols is 1. The third kappa shape index (κ3) is 4.65. The van der Waals surface area contributed by atoms with Crippen LogP contribution in [0.25, 0.3) is 0 Å². The molecule has 2 heterocycles. The number of anilines is 1. The van der Waals surface area contributed by atoms with Crippen molar-refractivity contribution in [1.29, 1.82) is 0 Å². The second-order valence-corrected chi connectivity index (χ2v) is 14.4. The molecule has 49 heavy (non-hydrogen) atoms. The fourth-order valence-electron chi connectivity index (χ4n) is 9.72. The first-order valence-electron chi connectivity index (χ1n) is 17.5. The lowest BCUT2D eigenvalue weighted by molar-refractivity contribution is -0.144. The van der Waals surface area contributed by atoms with E-state index in [1.54, 1.807) is 23.1 Å². The van der Waals surface area contributed by atoms with Gasteiger partial charge in [-0.1, -0.05) is 85.0 Å². The first-order valence-corrected chi connectivity index (χ1v) is 17.5. The molecular formula is C40H41N3O6. The minimum atomic E-state index is -1.37. The van der Waals surface area contributed by atoms with E-state index < -0.39 is 35.0 Å². The number of aromatic hydroxyl groups is 1. The van der Waals surface area contributed by atoms with Gasteiger partial charge in [-0.25, -0.2) is 0 Å². The van der Waals surface area contributed by atoms with Crippen LogP contribution in [-0.2, 0) is 24.6 Å². The van der Waals surface area contributed by atoms with Crippen molar-refractivity contribution in [3.8, 4) is 11.5 Å². The summed E-state index contributed by atoms with van der Waals surface area (Å²) in [6, 6.07) is 21.9. The van der Waals surface area contributed by atoms with E-state index in [9.17, 15) is 19.5 Å². The summed E-state index contributed by atoms with van der Waals surface area (Å²) in [5.41, 5.74) is 5.69. The van der Waals surface area contributed by atoms with Crippen LogP contribution < -0.4 is 10.2 Å². The molecule has 6 atom stereocenters. The van der Waals surface area contributed by atoms with E-state index in [4.69, 9.17) is 4.74 Å². The quantitative estimate of drug-likeness (QED) is 0.245. The Balaban J connectivity index is 1.31. The van der Waals surface area contributed by atoms with Crippen molar-refractivity contribution < 1.29 is 29.0 Å². The number of aryl methyl sites for hydroxylation is 1. The maximum Gasteiger partial charge on any atom is 0.260 e. The average molecular weight is 660 g/mol. The molecule has 5 aliphatic rings. The summed E-state index contributed by atoms with van der Waals surface area (Å²) < 4.78 is 5.55. The van der Waals surface area contributed by atoms with Gasteiger partial charge in [-0.05, 0) is 73.9 Å². The van der Waals surface area contributed by atoms with Gasteiger partial charge in [0.2, 0.25) is 11.8 Å². The number of fused-ring (bicyclic) bond motifs is 4. The first-order chi connectivity index (χ1) is 23.7. The van der Waals surface area contributed by atoms with Gasteiger partial charge in [0.05, 0.1) is 36.0 Å². The SMILES string of the molecule is COc1cc([C@H]2C3=CC[C@@H]4C(=O)N(C5CCCCC5)C(=O)[C@@H]4[C@@H]3C[C@H]3C(=O)N(Nc4ccc(C)cc4)C(=O)[C@@]23c2ccccc2)ccc1O. The van der Waals surface area contributed by atoms with Crippen LogP contribution in [0.5, 0.6) is 11.5 Å². The Hall–Kier alpha value is -4.92.